The molecule has 15 rings (SSSR count). The van der Waals surface area contributed by atoms with Crippen LogP contribution in [0.1, 0.15) is 43.2 Å². The van der Waals surface area contributed by atoms with Crippen molar-refractivity contribution in [2.45, 2.75) is 37.5 Å². The Hall–Kier alpha value is -6.18. The average molecular weight is 729 g/mol. The molecule has 1 aromatic heterocycles. The van der Waals surface area contributed by atoms with Crippen molar-refractivity contribution in [2.24, 2.45) is 23.7 Å². The smallest absolute Gasteiger partial charge is 0.136 e. The van der Waals surface area contributed by atoms with Crippen LogP contribution in [0.5, 0.6) is 0 Å². The molecule has 9 aromatic carbocycles. The molecule has 1 heterocycles. The van der Waals surface area contributed by atoms with Gasteiger partial charge in [-0.3, -0.25) is 0 Å². The molecule has 1 nitrogen and oxygen atoms in total. The highest BCUT2D eigenvalue weighted by Crippen LogP contribution is 2.70. The molecule has 0 amide bonds. The van der Waals surface area contributed by atoms with Crippen LogP contribution >= 0.6 is 0 Å². The summed E-state index contributed by atoms with van der Waals surface area (Å²) in [6, 6.07) is 60.0. The highest BCUT2D eigenvalue weighted by atomic mass is 16.3. The average Bonchev–Trinajstić information content (AvgIpc) is 3.75. The summed E-state index contributed by atoms with van der Waals surface area (Å²) in [6.45, 7) is 0. The molecule has 4 bridgehead atoms. The second-order valence-corrected chi connectivity index (χ2v) is 18.0. The molecule has 5 aliphatic carbocycles. The van der Waals surface area contributed by atoms with Crippen LogP contribution in [0.25, 0.3) is 98.4 Å². The van der Waals surface area contributed by atoms with E-state index >= 15 is 0 Å². The lowest BCUT2D eigenvalue weighted by Crippen LogP contribution is -2.55. The van der Waals surface area contributed by atoms with Gasteiger partial charge in [0.25, 0.3) is 0 Å². The lowest BCUT2D eigenvalue weighted by atomic mass is 9.43. The van der Waals surface area contributed by atoms with Crippen molar-refractivity contribution < 1.29 is 4.42 Å². The first-order valence-corrected chi connectivity index (χ1v) is 21.2. The summed E-state index contributed by atoms with van der Waals surface area (Å²) in [7, 11) is 0. The zero-order valence-electron chi connectivity index (χ0n) is 31.8. The standard InChI is InChI=1S/C56H40O/c1-2-10-35-29-50-48(27-34(35)9-1)49-28-36-17-18-37(26-39(36)30-51(49)56(50)40-22-32-21-33(24-40)25-41(56)23-32)54-44-12-3-5-14-46(44)55(47-15-6-4-13-45(47)54)38-19-20-43-42-11-7-8-16-52(42)57-53(43)31-38/h1-20,26-33,40-41H,21-25H2. The Morgan fingerprint density at radius 1 is 0.368 bits per heavy atom. The number of hydrogen-bond donors (Lipinski definition) is 0. The van der Waals surface area contributed by atoms with E-state index in [0.717, 1.165) is 45.6 Å². The van der Waals surface area contributed by atoms with Crippen molar-refractivity contribution >= 4 is 65.0 Å². The van der Waals surface area contributed by atoms with Gasteiger partial charge in [0.1, 0.15) is 11.2 Å². The molecule has 0 radical (unpaired) electrons. The van der Waals surface area contributed by atoms with E-state index in [9.17, 15) is 0 Å². The Balaban J connectivity index is 0.997. The van der Waals surface area contributed by atoms with Crippen LogP contribution in [0.3, 0.4) is 0 Å². The van der Waals surface area contributed by atoms with E-state index in [2.05, 4.69) is 152 Å². The Labute approximate surface area is 331 Å². The van der Waals surface area contributed by atoms with Gasteiger partial charge in [-0.2, -0.15) is 0 Å². The van der Waals surface area contributed by atoms with Crippen LogP contribution in [-0.2, 0) is 5.41 Å². The van der Waals surface area contributed by atoms with E-state index in [4.69, 9.17) is 4.42 Å². The van der Waals surface area contributed by atoms with Crippen LogP contribution in [0.2, 0.25) is 0 Å². The molecule has 0 atom stereocenters. The number of para-hydroxylation sites is 1. The van der Waals surface area contributed by atoms with Gasteiger partial charge in [-0.1, -0.05) is 109 Å². The second kappa shape index (κ2) is 11.0. The quantitative estimate of drug-likeness (QED) is 0.162. The van der Waals surface area contributed by atoms with Gasteiger partial charge in [0.05, 0.1) is 0 Å². The molecule has 1 spiro atoms. The summed E-state index contributed by atoms with van der Waals surface area (Å²) in [5, 5.41) is 12.9. The fraction of sp³-hybridized carbons (Fsp3) is 0.179. The van der Waals surface area contributed by atoms with E-state index < -0.39 is 0 Å². The Morgan fingerprint density at radius 3 is 1.47 bits per heavy atom. The summed E-state index contributed by atoms with van der Waals surface area (Å²) in [6.07, 6.45) is 7.04. The van der Waals surface area contributed by atoms with Crippen LogP contribution in [0, 0.1) is 23.7 Å². The molecule has 4 fully saturated rings. The minimum absolute atomic E-state index is 0.119. The molecule has 270 valence electrons. The van der Waals surface area contributed by atoms with E-state index in [-0.39, 0.29) is 5.41 Å². The highest BCUT2D eigenvalue weighted by Gasteiger charge is 2.61. The Bertz CT molecular complexity index is 3290. The highest BCUT2D eigenvalue weighted by molar-refractivity contribution is 6.22. The second-order valence-electron chi connectivity index (χ2n) is 18.0. The largest absolute Gasteiger partial charge is 0.456 e. The van der Waals surface area contributed by atoms with Gasteiger partial charge in [-0.05, 0) is 192 Å². The van der Waals surface area contributed by atoms with Crippen molar-refractivity contribution in [3.8, 4) is 33.4 Å². The fourth-order valence-electron chi connectivity index (χ4n) is 13.4. The molecule has 0 aliphatic heterocycles. The predicted molar refractivity (Wildman–Crippen MR) is 238 cm³/mol. The molecular formula is C56H40O. The first-order chi connectivity index (χ1) is 28.2. The van der Waals surface area contributed by atoms with Crippen molar-refractivity contribution in [3.05, 3.63) is 169 Å². The predicted octanol–water partition coefficient (Wildman–Crippen LogP) is 15.3. The zero-order chi connectivity index (χ0) is 37.0. The number of benzene rings is 9. The first kappa shape index (κ1) is 31.0. The number of furan rings is 1. The van der Waals surface area contributed by atoms with Gasteiger partial charge in [0.2, 0.25) is 0 Å². The van der Waals surface area contributed by atoms with Gasteiger partial charge < -0.3 is 4.42 Å². The van der Waals surface area contributed by atoms with Crippen LogP contribution in [-0.4, -0.2) is 0 Å². The number of hydrogen-bond acceptors (Lipinski definition) is 1. The third kappa shape index (κ3) is 4.05. The lowest BCUT2D eigenvalue weighted by Gasteiger charge is -2.61. The van der Waals surface area contributed by atoms with E-state index in [1.807, 2.05) is 6.07 Å². The molecule has 0 unspecified atom stereocenters. The van der Waals surface area contributed by atoms with E-state index in [0.29, 0.717) is 0 Å². The van der Waals surface area contributed by atoms with Crippen molar-refractivity contribution in [1.29, 1.82) is 0 Å². The maximum atomic E-state index is 6.42. The minimum Gasteiger partial charge on any atom is -0.456 e. The van der Waals surface area contributed by atoms with Crippen molar-refractivity contribution in [3.63, 3.8) is 0 Å². The SMILES string of the molecule is c1ccc2cc3c(cc2c1)-c1cc2ccc(-c4c5ccccc5c(-c5ccc6c(c5)oc5ccccc56)c5ccccc45)cc2cc1C31C2CC3CC(C2)CC1C3. The van der Waals surface area contributed by atoms with Crippen molar-refractivity contribution in [1.82, 2.24) is 0 Å². The van der Waals surface area contributed by atoms with Crippen LogP contribution in [0.15, 0.2) is 162 Å². The monoisotopic (exact) mass is 728 g/mol. The van der Waals surface area contributed by atoms with E-state index in [1.54, 1.807) is 11.1 Å². The minimum atomic E-state index is 0.119. The van der Waals surface area contributed by atoms with Gasteiger partial charge in [-0.25, -0.2) is 0 Å². The lowest BCUT2D eigenvalue weighted by molar-refractivity contribution is -0.0398. The summed E-state index contributed by atoms with van der Waals surface area (Å²) in [4.78, 5) is 0. The van der Waals surface area contributed by atoms with Crippen LogP contribution in [0.4, 0.5) is 0 Å². The van der Waals surface area contributed by atoms with Gasteiger partial charge >= 0.3 is 0 Å². The maximum absolute atomic E-state index is 6.42. The summed E-state index contributed by atoms with van der Waals surface area (Å²) >= 11 is 0. The van der Waals surface area contributed by atoms with Gasteiger partial charge in [-0.15, -0.1) is 0 Å². The molecule has 57 heavy (non-hydrogen) atoms. The maximum Gasteiger partial charge on any atom is 0.136 e. The fourth-order valence-corrected chi connectivity index (χ4v) is 13.4. The number of fused-ring (bicyclic) bond motifs is 10. The molecule has 5 aliphatic rings. The van der Waals surface area contributed by atoms with Crippen LogP contribution < -0.4 is 0 Å². The molecule has 0 N–H and O–H groups in total. The topological polar surface area (TPSA) is 13.1 Å². The first-order valence-electron chi connectivity index (χ1n) is 21.2. The molecule has 1 heteroatoms. The summed E-state index contributed by atoms with van der Waals surface area (Å²) in [5.41, 5.74) is 13.3. The number of rotatable bonds is 2. The Morgan fingerprint density at radius 2 is 0.842 bits per heavy atom. The summed E-state index contributed by atoms with van der Waals surface area (Å²) < 4.78 is 6.42. The zero-order valence-corrected chi connectivity index (χ0v) is 31.8. The van der Waals surface area contributed by atoms with E-state index in [1.165, 1.54) is 109 Å². The molecule has 10 aromatic rings. The molecule has 4 saturated carbocycles. The summed E-state index contributed by atoms with van der Waals surface area (Å²) in [5.74, 6) is 3.30. The molecular weight excluding hydrogens is 689 g/mol. The van der Waals surface area contributed by atoms with Crippen molar-refractivity contribution in [2.75, 3.05) is 0 Å². The molecule has 0 saturated heterocycles. The third-order valence-electron chi connectivity index (χ3n) is 15.4. The normalized spacial score (nSPS) is 23.2. The third-order valence-corrected chi connectivity index (χ3v) is 15.4. The Kier molecular flexibility index (Phi) is 5.99. The van der Waals surface area contributed by atoms with Gasteiger partial charge in [0, 0.05) is 16.2 Å². The van der Waals surface area contributed by atoms with Gasteiger partial charge in [0.15, 0.2) is 0 Å².